The highest BCUT2D eigenvalue weighted by Gasteiger charge is 2.03. The van der Waals surface area contributed by atoms with Crippen molar-refractivity contribution in [2.75, 3.05) is 0 Å². The monoisotopic (exact) mass is 235 g/mol. The molecule has 0 saturated heterocycles. The number of aromatic nitrogens is 1. The van der Waals surface area contributed by atoms with Crippen LogP contribution in [0.25, 0.3) is 10.9 Å². The molecule has 3 rings (SSSR count). The summed E-state index contributed by atoms with van der Waals surface area (Å²) in [6, 6.07) is 17.9. The minimum absolute atomic E-state index is 0.837. The summed E-state index contributed by atoms with van der Waals surface area (Å²) >= 11 is 0. The first-order valence-electron chi connectivity index (χ1n) is 5.91. The molecule has 1 aromatic heterocycles. The molecule has 2 aromatic carbocycles. The molecule has 18 heavy (non-hydrogen) atoms. The maximum Gasteiger partial charge on any atom is 0.138 e. The van der Waals surface area contributed by atoms with E-state index < -0.39 is 0 Å². The van der Waals surface area contributed by atoms with Crippen molar-refractivity contribution < 1.29 is 4.74 Å². The summed E-state index contributed by atoms with van der Waals surface area (Å²) in [4.78, 5) is 4.32. The molecule has 0 aliphatic heterocycles. The number of ether oxygens (including phenoxy) is 1. The van der Waals surface area contributed by atoms with E-state index in [1.54, 1.807) is 6.20 Å². The normalized spacial score (nSPS) is 10.5. The Morgan fingerprint density at radius 1 is 0.889 bits per heavy atom. The van der Waals surface area contributed by atoms with Crippen LogP contribution in [-0.4, -0.2) is 4.98 Å². The van der Waals surface area contributed by atoms with Gasteiger partial charge >= 0.3 is 0 Å². The number of pyridine rings is 1. The zero-order valence-electron chi connectivity index (χ0n) is 10.1. The highest BCUT2D eigenvalue weighted by atomic mass is 16.5. The van der Waals surface area contributed by atoms with Gasteiger partial charge in [-0.2, -0.15) is 0 Å². The van der Waals surface area contributed by atoms with Crippen molar-refractivity contribution in [2.24, 2.45) is 0 Å². The lowest BCUT2D eigenvalue weighted by molar-refractivity contribution is 0.488. The zero-order valence-corrected chi connectivity index (χ0v) is 10.1. The number of hydrogen-bond donors (Lipinski definition) is 0. The summed E-state index contributed by atoms with van der Waals surface area (Å²) in [5.74, 6) is 1.68. The fourth-order valence-electron chi connectivity index (χ4n) is 1.89. The van der Waals surface area contributed by atoms with E-state index in [1.807, 2.05) is 54.6 Å². The molecule has 3 aromatic rings. The van der Waals surface area contributed by atoms with Crippen LogP contribution in [0.4, 0.5) is 0 Å². The predicted molar refractivity (Wildman–Crippen MR) is 73.0 cm³/mol. The van der Waals surface area contributed by atoms with Crippen molar-refractivity contribution in [3.05, 3.63) is 66.4 Å². The van der Waals surface area contributed by atoms with E-state index in [-0.39, 0.29) is 0 Å². The standard InChI is InChI=1S/C16H13NO/c1-12-6-8-13(9-7-12)18-16-10-11-17-15-5-3-2-4-14(15)16/h2-11H,1H3. The van der Waals surface area contributed by atoms with Crippen LogP contribution in [0.15, 0.2) is 60.8 Å². The van der Waals surface area contributed by atoms with Gasteiger partial charge in [0.05, 0.1) is 5.52 Å². The van der Waals surface area contributed by atoms with Gasteiger partial charge in [0.2, 0.25) is 0 Å². The third-order valence-electron chi connectivity index (χ3n) is 2.86. The Morgan fingerprint density at radius 2 is 1.67 bits per heavy atom. The molecular weight excluding hydrogens is 222 g/mol. The maximum atomic E-state index is 5.91. The van der Waals surface area contributed by atoms with Gasteiger partial charge in [-0.3, -0.25) is 4.98 Å². The van der Waals surface area contributed by atoms with Crippen LogP contribution in [0.2, 0.25) is 0 Å². The van der Waals surface area contributed by atoms with Crippen molar-refractivity contribution in [2.45, 2.75) is 6.92 Å². The third-order valence-corrected chi connectivity index (χ3v) is 2.86. The van der Waals surface area contributed by atoms with Gasteiger partial charge in [0, 0.05) is 11.6 Å². The molecule has 88 valence electrons. The minimum Gasteiger partial charge on any atom is -0.457 e. The second kappa shape index (κ2) is 4.49. The zero-order chi connectivity index (χ0) is 12.4. The van der Waals surface area contributed by atoms with Crippen LogP contribution < -0.4 is 4.74 Å². The molecule has 0 amide bonds. The smallest absolute Gasteiger partial charge is 0.138 e. The third kappa shape index (κ3) is 2.05. The molecule has 0 atom stereocenters. The first kappa shape index (κ1) is 10.8. The van der Waals surface area contributed by atoms with E-state index in [4.69, 9.17) is 4.74 Å². The van der Waals surface area contributed by atoms with E-state index >= 15 is 0 Å². The molecule has 1 heterocycles. The Morgan fingerprint density at radius 3 is 2.50 bits per heavy atom. The fourth-order valence-corrected chi connectivity index (χ4v) is 1.89. The number of rotatable bonds is 2. The van der Waals surface area contributed by atoms with E-state index in [1.165, 1.54) is 5.56 Å². The summed E-state index contributed by atoms with van der Waals surface area (Å²) < 4.78 is 5.91. The Hall–Kier alpha value is -2.35. The second-order valence-electron chi connectivity index (χ2n) is 4.24. The van der Waals surface area contributed by atoms with Gasteiger partial charge in [0.1, 0.15) is 11.5 Å². The largest absolute Gasteiger partial charge is 0.457 e. The van der Waals surface area contributed by atoms with Crippen molar-refractivity contribution in [3.63, 3.8) is 0 Å². The van der Waals surface area contributed by atoms with Crippen LogP contribution >= 0.6 is 0 Å². The maximum absolute atomic E-state index is 5.91. The molecule has 0 N–H and O–H groups in total. The highest BCUT2D eigenvalue weighted by molar-refractivity contribution is 5.84. The molecule has 0 bridgehead atoms. The van der Waals surface area contributed by atoms with Crippen LogP contribution in [0.1, 0.15) is 5.56 Å². The molecule has 0 aliphatic rings. The SMILES string of the molecule is Cc1ccc(Oc2ccnc3ccccc23)cc1. The van der Waals surface area contributed by atoms with Crippen molar-refractivity contribution in [1.82, 2.24) is 4.98 Å². The van der Waals surface area contributed by atoms with Crippen LogP contribution in [0.3, 0.4) is 0 Å². The Kier molecular flexibility index (Phi) is 2.69. The van der Waals surface area contributed by atoms with Crippen molar-refractivity contribution in [1.29, 1.82) is 0 Å². The molecule has 2 nitrogen and oxygen atoms in total. The second-order valence-corrected chi connectivity index (χ2v) is 4.24. The van der Waals surface area contributed by atoms with Gasteiger partial charge in [-0.25, -0.2) is 0 Å². The quantitative estimate of drug-likeness (QED) is 0.659. The lowest BCUT2D eigenvalue weighted by atomic mass is 10.2. The molecule has 0 saturated carbocycles. The first-order chi connectivity index (χ1) is 8.83. The van der Waals surface area contributed by atoms with E-state index in [0.717, 1.165) is 22.4 Å². The number of fused-ring (bicyclic) bond motifs is 1. The summed E-state index contributed by atoms with van der Waals surface area (Å²) in [5.41, 5.74) is 2.17. The van der Waals surface area contributed by atoms with Gasteiger partial charge in [0.15, 0.2) is 0 Å². The van der Waals surface area contributed by atoms with Gasteiger partial charge in [-0.15, -0.1) is 0 Å². The van der Waals surface area contributed by atoms with E-state index in [9.17, 15) is 0 Å². The molecule has 0 fully saturated rings. The molecule has 0 aliphatic carbocycles. The summed E-state index contributed by atoms with van der Waals surface area (Å²) in [5, 5.41) is 1.03. The van der Waals surface area contributed by atoms with Crippen LogP contribution in [0, 0.1) is 6.92 Å². The number of hydrogen-bond acceptors (Lipinski definition) is 2. The van der Waals surface area contributed by atoms with Gasteiger partial charge in [0.25, 0.3) is 0 Å². The topological polar surface area (TPSA) is 22.1 Å². The molecule has 0 spiro atoms. The fraction of sp³-hybridized carbons (Fsp3) is 0.0625. The summed E-state index contributed by atoms with van der Waals surface area (Å²) in [7, 11) is 0. The lowest BCUT2D eigenvalue weighted by Gasteiger charge is -2.08. The Balaban J connectivity index is 2.02. The lowest BCUT2D eigenvalue weighted by Crippen LogP contribution is -1.87. The average Bonchev–Trinajstić information content (AvgIpc) is 2.42. The summed E-state index contributed by atoms with van der Waals surface area (Å²) in [6.07, 6.45) is 1.77. The van der Waals surface area contributed by atoms with Crippen LogP contribution in [0.5, 0.6) is 11.5 Å². The molecule has 2 heteroatoms. The summed E-state index contributed by atoms with van der Waals surface area (Å²) in [6.45, 7) is 2.06. The Bertz CT molecular complexity index is 669. The number of para-hydroxylation sites is 1. The van der Waals surface area contributed by atoms with E-state index in [2.05, 4.69) is 11.9 Å². The number of aryl methyl sites for hydroxylation is 1. The van der Waals surface area contributed by atoms with Crippen molar-refractivity contribution >= 4 is 10.9 Å². The molecule has 0 unspecified atom stereocenters. The average molecular weight is 235 g/mol. The molecule has 0 radical (unpaired) electrons. The number of nitrogens with zero attached hydrogens (tertiary/aromatic N) is 1. The number of benzene rings is 2. The Labute approximate surface area is 106 Å². The van der Waals surface area contributed by atoms with Gasteiger partial charge < -0.3 is 4.74 Å². The molecular formula is C16H13NO. The van der Waals surface area contributed by atoms with Crippen molar-refractivity contribution in [3.8, 4) is 11.5 Å². The highest BCUT2D eigenvalue weighted by Crippen LogP contribution is 2.28. The predicted octanol–water partition coefficient (Wildman–Crippen LogP) is 4.34. The van der Waals surface area contributed by atoms with Crippen LogP contribution in [-0.2, 0) is 0 Å². The van der Waals surface area contributed by atoms with E-state index in [0.29, 0.717) is 0 Å². The van der Waals surface area contributed by atoms with Gasteiger partial charge in [-0.05, 0) is 37.3 Å². The minimum atomic E-state index is 0.837. The first-order valence-corrected chi connectivity index (χ1v) is 5.91. The van der Waals surface area contributed by atoms with Gasteiger partial charge in [-0.1, -0.05) is 29.8 Å².